The van der Waals surface area contributed by atoms with Gasteiger partial charge in [-0.3, -0.25) is 0 Å². The zero-order chi connectivity index (χ0) is 16.7. The first-order valence-corrected chi connectivity index (χ1v) is 8.44. The normalized spacial score (nSPS) is 22.7. The van der Waals surface area contributed by atoms with E-state index in [4.69, 9.17) is 4.42 Å². The highest BCUT2D eigenvalue weighted by Crippen LogP contribution is 2.27. The van der Waals surface area contributed by atoms with E-state index in [9.17, 15) is 4.79 Å². The summed E-state index contributed by atoms with van der Waals surface area (Å²) in [5.74, 6) is 0.585. The highest BCUT2D eigenvalue weighted by atomic mass is 16.3. The van der Waals surface area contributed by atoms with E-state index in [1.54, 1.807) is 6.26 Å². The summed E-state index contributed by atoms with van der Waals surface area (Å²) in [7, 11) is 0. The topological polar surface area (TPSA) is 70.4 Å². The van der Waals surface area contributed by atoms with Crippen LogP contribution in [0, 0.1) is 13.8 Å². The van der Waals surface area contributed by atoms with E-state index in [1.165, 1.54) is 0 Å². The largest absolute Gasteiger partial charge is 0.444 e. The smallest absolute Gasteiger partial charge is 0.322 e. The van der Waals surface area contributed by atoms with Crippen molar-refractivity contribution in [3.63, 3.8) is 0 Å². The fourth-order valence-corrected chi connectivity index (χ4v) is 3.56. The van der Waals surface area contributed by atoms with Crippen LogP contribution in [0.15, 0.2) is 28.9 Å². The summed E-state index contributed by atoms with van der Waals surface area (Å²) in [6, 6.07) is 6.55. The number of anilines is 1. The van der Waals surface area contributed by atoms with Crippen LogP contribution >= 0.6 is 0 Å². The molecule has 3 fully saturated rings. The monoisotopic (exact) mass is 326 g/mol. The summed E-state index contributed by atoms with van der Waals surface area (Å²) in [6.07, 6.45) is 3.88. The maximum absolute atomic E-state index is 12.6. The van der Waals surface area contributed by atoms with Crippen molar-refractivity contribution in [1.29, 1.82) is 0 Å². The molecule has 2 atom stereocenters. The molecule has 1 aromatic carbocycles. The number of carbonyl (C=O) groups excluding carboxylic acids is 1. The van der Waals surface area contributed by atoms with Gasteiger partial charge >= 0.3 is 6.03 Å². The first-order valence-electron chi connectivity index (χ1n) is 8.44. The Balaban J connectivity index is 1.53. The standard InChI is InChI=1S/C18H22N4O2/c1-11-3-4-13(7-16(11)17-20-12(2)10-24-17)21-18(23)22-9-14-5-6-15(22)8-19-14/h3-4,7,10,14-15,19H,5-6,8-9H2,1-2H3,(H,21,23). The van der Waals surface area contributed by atoms with Crippen molar-refractivity contribution in [2.75, 3.05) is 18.4 Å². The summed E-state index contributed by atoms with van der Waals surface area (Å²) in [6.45, 7) is 5.59. The van der Waals surface area contributed by atoms with Crippen LogP contribution in [0.5, 0.6) is 0 Å². The number of amides is 2. The molecule has 2 amide bonds. The Morgan fingerprint density at radius 1 is 1.38 bits per heavy atom. The second-order valence-electron chi connectivity index (χ2n) is 6.74. The van der Waals surface area contributed by atoms with Gasteiger partial charge in [0.05, 0.1) is 5.69 Å². The zero-order valence-corrected chi connectivity index (χ0v) is 14.0. The maximum atomic E-state index is 12.6. The van der Waals surface area contributed by atoms with Crippen molar-refractivity contribution in [2.45, 2.75) is 38.8 Å². The molecule has 3 saturated heterocycles. The number of benzene rings is 1. The number of piperazine rings is 1. The van der Waals surface area contributed by atoms with E-state index in [0.29, 0.717) is 18.0 Å². The maximum Gasteiger partial charge on any atom is 0.322 e. The number of aromatic nitrogens is 1. The summed E-state index contributed by atoms with van der Waals surface area (Å²) < 4.78 is 5.51. The van der Waals surface area contributed by atoms with Gasteiger partial charge in [0.1, 0.15) is 6.26 Å². The van der Waals surface area contributed by atoms with Crippen LogP contribution in [0.3, 0.4) is 0 Å². The average molecular weight is 326 g/mol. The molecule has 24 heavy (non-hydrogen) atoms. The SMILES string of the molecule is Cc1coc(-c2cc(NC(=O)N3CC4CCC3CN4)ccc2C)n1. The Bertz CT molecular complexity index is 762. The molecular formula is C18H22N4O2. The van der Waals surface area contributed by atoms with E-state index < -0.39 is 0 Å². The zero-order valence-electron chi connectivity index (χ0n) is 14.0. The Morgan fingerprint density at radius 3 is 2.88 bits per heavy atom. The number of hydrogen-bond donors (Lipinski definition) is 2. The van der Waals surface area contributed by atoms with Gasteiger partial charge in [0.2, 0.25) is 5.89 Å². The number of urea groups is 1. The van der Waals surface area contributed by atoms with Crippen molar-refractivity contribution >= 4 is 11.7 Å². The molecule has 0 radical (unpaired) electrons. The van der Waals surface area contributed by atoms with Crippen LogP contribution in [0.4, 0.5) is 10.5 Å². The molecule has 3 aliphatic heterocycles. The number of nitrogens with zero attached hydrogens (tertiary/aromatic N) is 2. The molecule has 2 unspecified atom stereocenters. The number of oxazole rings is 1. The molecule has 5 rings (SSSR count). The van der Waals surface area contributed by atoms with Crippen LogP contribution in [-0.2, 0) is 0 Å². The highest BCUT2D eigenvalue weighted by molar-refractivity contribution is 5.90. The lowest BCUT2D eigenvalue weighted by atomic mass is 9.93. The van der Waals surface area contributed by atoms with Crippen LogP contribution in [0.1, 0.15) is 24.1 Å². The minimum atomic E-state index is -0.0235. The third-order valence-electron chi connectivity index (χ3n) is 4.95. The van der Waals surface area contributed by atoms with E-state index in [2.05, 4.69) is 15.6 Å². The number of fused-ring (bicyclic) bond motifs is 3. The quantitative estimate of drug-likeness (QED) is 0.890. The van der Waals surface area contributed by atoms with E-state index in [1.807, 2.05) is 36.9 Å². The van der Waals surface area contributed by atoms with Crippen molar-refractivity contribution in [2.24, 2.45) is 0 Å². The van der Waals surface area contributed by atoms with E-state index in [0.717, 1.165) is 48.4 Å². The first-order chi connectivity index (χ1) is 11.6. The summed E-state index contributed by atoms with van der Waals surface area (Å²) >= 11 is 0. The Morgan fingerprint density at radius 2 is 2.25 bits per heavy atom. The van der Waals surface area contributed by atoms with Gasteiger partial charge in [-0.15, -0.1) is 0 Å². The van der Waals surface area contributed by atoms with Crippen LogP contribution in [0.25, 0.3) is 11.5 Å². The Kier molecular flexibility index (Phi) is 3.76. The molecule has 6 heteroatoms. The Hall–Kier alpha value is -2.34. The number of hydrogen-bond acceptors (Lipinski definition) is 4. The number of nitrogens with one attached hydrogen (secondary N) is 2. The second-order valence-corrected chi connectivity index (χ2v) is 6.74. The molecule has 2 aromatic rings. The lowest BCUT2D eigenvalue weighted by Crippen LogP contribution is -2.63. The van der Waals surface area contributed by atoms with Crippen LogP contribution < -0.4 is 10.6 Å². The molecule has 2 bridgehead atoms. The second kappa shape index (κ2) is 5.94. The van der Waals surface area contributed by atoms with E-state index >= 15 is 0 Å². The summed E-state index contributed by atoms with van der Waals surface area (Å²) in [5.41, 5.74) is 3.58. The predicted octanol–water partition coefficient (Wildman–Crippen LogP) is 2.93. The third kappa shape index (κ3) is 2.78. The summed E-state index contributed by atoms with van der Waals surface area (Å²) in [4.78, 5) is 19.0. The van der Waals surface area contributed by atoms with Crippen molar-refractivity contribution in [1.82, 2.24) is 15.2 Å². The molecule has 0 aliphatic carbocycles. The molecule has 2 N–H and O–H groups in total. The molecule has 4 heterocycles. The van der Waals surface area contributed by atoms with Gasteiger partial charge in [-0.1, -0.05) is 6.07 Å². The van der Waals surface area contributed by atoms with Crippen LogP contribution in [0.2, 0.25) is 0 Å². The van der Waals surface area contributed by atoms with E-state index in [-0.39, 0.29) is 6.03 Å². The molecule has 3 aliphatic rings. The van der Waals surface area contributed by atoms with Crippen molar-refractivity contribution < 1.29 is 9.21 Å². The number of rotatable bonds is 2. The van der Waals surface area contributed by atoms with Crippen molar-refractivity contribution in [3.05, 3.63) is 35.7 Å². The molecule has 1 aromatic heterocycles. The molecule has 126 valence electrons. The molecular weight excluding hydrogens is 304 g/mol. The average Bonchev–Trinajstić information content (AvgIpc) is 3.04. The minimum Gasteiger partial charge on any atom is -0.444 e. The van der Waals surface area contributed by atoms with Gasteiger partial charge in [0.25, 0.3) is 0 Å². The number of piperidine rings is 2. The van der Waals surface area contributed by atoms with Crippen LogP contribution in [-0.4, -0.2) is 41.1 Å². The minimum absolute atomic E-state index is 0.0235. The third-order valence-corrected chi connectivity index (χ3v) is 4.95. The first kappa shape index (κ1) is 15.2. The Labute approximate surface area is 141 Å². The molecule has 0 spiro atoms. The number of aryl methyl sites for hydroxylation is 2. The number of carbonyl (C=O) groups is 1. The van der Waals surface area contributed by atoms with Gasteiger partial charge in [-0.25, -0.2) is 9.78 Å². The highest BCUT2D eigenvalue weighted by Gasteiger charge is 2.36. The van der Waals surface area contributed by atoms with Gasteiger partial charge in [-0.2, -0.15) is 0 Å². The molecule has 6 nitrogen and oxygen atoms in total. The van der Waals surface area contributed by atoms with Gasteiger partial charge in [0, 0.05) is 36.4 Å². The predicted molar refractivity (Wildman–Crippen MR) is 92.0 cm³/mol. The lowest BCUT2D eigenvalue weighted by molar-refractivity contribution is 0.106. The fourth-order valence-electron chi connectivity index (χ4n) is 3.56. The molecule has 0 saturated carbocycles. The van der Waals surface area contributed by atoms with Gasteiger partial charge < -0.3 is 20.0 Å². The van der Waals surface area contributed by atoms with Gasteiger partial charge in [-0.05, 0) is 44.4 Å². The summed E-state index contributed by atoms with van der Waals surface area (Å²) in [5, 5.41) is 6.50. The van der Waals surface area contributed by atoms with Gasteiger partial charge in [0.15, 0.2) is 0 Å². The fraction of sp³-hybridized carbons (Fsp3) is 0.444. The van der Waals surface area contributed by atoms with Crippen molar-refractivity contribution in [3.8, 4) is 11.5 Å². The lowest BCUT2D eigenvalue weighted by Gasteiger charge is -2.45.